The fraction of sp³-hybridized carbons (Fsp3) is 0.188. The molecule has 2 rings (SSSR count). The maximum atomic E-state index is 12.2. The molecule has 5 heteroatoms. The molecule has 110 valence electrons. The van der Waals surface area contributed by atoms with E-state index in [0.29, 0.717) is 6.61 Å². The van der Waals surface area contributed by atoms with Gasteiger partial charge in [0.1, 0.15) is 0 Å². The first kappa shape index (κ1) is 16.0. The molecule has 1 atom stereocenters. The van der Waals surface area contributed by atoms with Gasteiger partial charge in [-0.1, -0.05) is 46.3 Å². The van der Waals surface area contributed by atoms with Gasteiger partial charge in [0.05, 0.1) is 6.61 Å². The zero-order valence-electron chi connectivity index (χ0n) is 11.5. The third-order valence-electron chi connectivity index (χ3n) is 2.89. The number of nitrogens with one attached hydrogen (secondary N) is 1. The average molecular weight is 413 g/mol. The van der Waals surface area contributed by atoms with E-state index in [2.05, 4.69) is 37.2 Å². The van der Waals surface area contributed by atoms with Crippen LogP contribution in [0.25, 0.3) is 0 Å². The minimum atomic E-state index is -0.538. The predicted molar refractivity (Wildman–Crippen MR) is 91.3 cm³/mol. The van der Waals surface area contributed by atoms with E-state index in [9.17, 15) is 4.79 Å². The van der Waals surface area contributed by atoms with Gasteiger partial charge in [0.2, 0.25) is 0 Å². The highest BCUT2D eigenvalue weighted by Crippen LogP contribution is 2.30. The summed E-state index contributed by atoms with van der Waals surface area (Å²) in [6.07, 6.45) is 0. The number of carbonyl (C=O) groups excluding carboxylic acids is 1. The molecule has 0 heterocycles. The Morgan fingerprint density at radius 1 is 1.19 bits per heavy atom. The Morgan fingerprint density at radius 2 is 1.90 bits per heavy atom. The van der Waals surface area contributed by atoms with Crippen LogP contribution < -0.4 is 5.32 Å². The molecule has 3 nitrogen and oxygen atoms in total. The Bertz CT molecular complexity index is 617. The number of benzene rings is 2. The maximum Gasteiger partial charge on any atom is 0.333 e. The number of ether oxygens (including phenoxy) is 1. The standard InChI is InChI=1S/C16H15Br2NO2/c1-2-21-16(20)15(11-6-4-3-5-7-11)19-14-9-8-12(17)10-13(14)18/h3-10,15,19H,2H2,1H3. The molecule has 1 unspecified atom stereocenters. The van der Waals surface area contributed by atoms with Crippen molar-refractivity contribution in [1.82, 2.24) is 0 Å². The van der Waals surface area contributed by atoms with Crippen LogP contribution in [0.3, 0.4) is 0 Å². The fourth-order valence-electron chi connectivity index (χ4n) is 1.91. The van der Waals surface area contributed by atoms with Crippen molar-refractivity contribution in [2.45, 2.75) is 13.0 Å². The van der Waals surface area contributed by atoms with Crippen molar-refractivity contribution in [2.75, 3.05) is 11.9 Å². The van der Waals surface area contributed by atoms with Gasteiger partial charge in [-0.25, -0.2) is 4.79 Å². The van der Waals surface area contributed by atoms with Gasteiger partial charge in [-0.05, 0) is 46.6 Å². The molecule has 0 saturated heterocycles. The first-order chi connectivity index (χ1) is 10.1. The van der Waals surface area contributed by atoms with Crippen LogP contribution in [0.1, 0.15) is 18.5 Å². The zero-order chi connectivity index (χ0) is 15.2. The number of hydrogen-bond acceptors (Lipinski definition) is 3. The molecule has 0 radical (unpaired) electrons. The summed E-state index contributed by atoms with van der Waals surface area (Å²) in [7, 11) is 0. The van der Waals surface area contributed by atoms with Crippen molar-refractivity contribution in [3.8, 4) is 0 Å². The van der Waals surface area contributed by atoms with E-state index < -0.39 is 6.04 Å². The molecule has 2 aromatic rings. The lowest BCUT2D eigenvalue weighted by atomic mass is 10.1. The van der Waals surface area contributed by atoms with Crippen molar-refractivity contribution in [2.24, 2.45) is 0 Å². The highest BCUT2D eigenvalue weighted by molar-refractivity contribution is 9.11. The van der Waals surface area contributed by atoms with Crippen molar-refractivity contribution >= 4 is 43.5 Å². The summed E-state index contributed by atoms with van der Waals surface area (Å²) < 4.78 is 7.01. The van der Waals surface area contributed by atoms with E-state index in [1.54, 1.807) is 6.92 Å². The number of anilines is 1. The van der Waals surface area contributed by atoms with Gasteiger partial charge in [-0.2, -0.15) is 0 Å². The molecule has 0 aromatic heterocycles. The van der Waals surface area contributed by atoms with Gasteiger partial charge >= 0.3 is 5.97 Å². The summed E-state index contributed by atoms with van der Waals surface area (Å²) >= 11 is 6.90. The topological polar surface area (TPSA) is 38.3 Å². The molecule has 21 heavy (non-hydrogen) atoms. The van der Waals surface area contributed by atoms with Gasteiger partial charge in [0.25, 0.3) is 0 Å². The molecule has 1 N–H and O–H groups in total. The van der Waals surface area contributed by atoms with Crippen LogP contribution in [0.5, 0.6) is 0 Å². The zero-order valence-corrected chi connectivity index (χ0v) is 14.6. The monoisotopic (exact) mass is 411 g/mol. The normalized spacial score (nSPS) is 11.8. The molecular formula is C16H15Br2NO2. The van der Waals surface area contributed by atoms with Crippen molar-refractivity contribution in [3.05, 3.63) is 63.0 Å². The first-order valence-corrected chi connectivity index (χ1v) is 8.13. The van der Waals surface area contributed by atoms with Gasteiger partial charge in [-0.15, -0.1) is 0 Å². The number of carbonyl (C=O) groups is 1. The van der Waals surface area contributed by atoms with Crippen LogP contribution in [0.2, 0.25) is 0 Å². The Balaban J connectivity index is 2.30. The lowest BCUT2D eigenvalue weighted by molar-refractivity contribution is -0.144. The molecular weight excluding hydrogens is 398 g/mol. The van der Waals surface area contributed by atoms with Crippen LogP contribution in [-0.2, 0) is 9.53 Å². The van der Waals surface area contributed by atoms with E-state index >= 15 is 0 Å². The second kappa shape index (κ2) is 7.61. The van der Waals surface area contributed by atoms with E-state index in [0.717, 1.165) is 20.2 Å². The molecule has 0 bridgehead atoms. The summed E-state index contributed by atoms with van der Waals surface area (Å²) in [6, 6.07) is 14.7. The Morgan fingerprint density at radius 3 is 2.52 bits per heavy atom. The molecule has 0 saturated carbocycles. The molecule has 0 aliphatic heterocycles. The summed E-state index contributed by atoms with van der Waals surface area (Å²) in [5, 5.41) is 3.23. The van der Waals surface area contributed by atoms with Crippen LogP contribution in [0.15, 0.2) is 57.5 Å². The summed E-state index contributed by atoms with van der Waals surface area (Å²) in [4.78, 5) is 12.2. The lowest BCUT2D eigenvalue weighted by Crippen LogP contribution is -2.23. The van der Waals surface area contributed by atoms with Crippen LogP contribution in [0, 0.1) is 0 Å². The third kappa shape index (κ3) is 4.32. The second-order valence-electron chi connectivity index (χ2n) is 4.36. The van der Waals surface area contributed by atoms with Gasteiger partial charge in [0.15, 0.2) is 6.04 Å². The summed E-state index contributed by atoms with van der Waals surface area (Å²) in [6.45, 7) is 2.15. The molecule has 0 aliphatic carbocycles. The van der Waals surface area contributed by atoms with Gasteiger partial charge < -0.3 is 10.1 Å². The Kier molecular flexibility index (Phi) is 5.82. The van der Waals surface area contributed by atoms with Crippen LogP contribution >= 0.6 is 31.9 Å². The summed E-state index contributed by atoms with van der Waals surface area (Å²) in [5.41, 5.74) is 1.70. The van der Waals surface area contributed by atoms with Gasteiger partial charge in [-0.3, -0.25) is 0 Å². The largest absolute Gasteiger partial charge is 0.464 e. The maximum absolute atomic E-state index is 12.2. The van der Waals surface area contributed by atoms with E-state index in [4.69, 9.17) is 4.74 Å². The molecule has 0 fully saturated rings. The summed E-state index contributed by atoms with van der Waals surface area (Å²) in [5.74, 6) is -0.293. The molecule has 0 aliphatic rings. The lowest BCUT2D eigenvalue weighted by Gasteiger charge is -2.19. The number of halogens is 2. The third-order valence-corrected chi connectivity index (χ3v) is 4.04. The number of hydrogen-bond donors (Lipinski definition) is 1. The quantitative estimate of drug-likeness (QED) is 0.707. The number of esters is 1. The molecule has 2 aromatic carbocycles. The smallest absolute Gasteiger partial charge is 0.333 e. The second-order valence-corrected chi connectivity index (χ2v) is 6.13. The van der Waals surface area contributed by atoms with Crippen LogP contribution in [0.4, 0.5) is 5.69 Å². The van der Waals surface area contributed by atoms with Crippen LogP contribution in [-0.4, -0.2) is 12.6 Å². The highest BCUT2D eigenvalue weighted by atomic mass is 79.9. The molecule has 0 spiro atoms. The van der Waals surface area contributed by atoms with E-state index in [1.165, 1.54) is 0 Å². The first-order valence-electron chi connectivity index (χ1n) is 6.55. The van der Waals surface area contributed by atoms with E-state index in [1.807, 2.05) is 48.5 Å². The van der Waals surface area contributed by atoms with Crippen molar-refractivity contribution < 1.29 is 9.53 Å². The predicted octanol–water partition coefficient (Wildman–Crippen LogP) is 4.93. The Labute approximate surface area is 141 Å². The SMILES string of the molecule is CCOC(=O)C(Nc1ccc(Br)cc1Br)c1ccccc1. The molecule has 0 amide bonds. The Hall–Kier alpha value is -1.33. The van der Waals surface area contributed by atoms with E-state index in [-0.39, 0.29) is 5.97 Å². The average Bonchev–Trinajstić information content (AvgIpc) is 2.47. The van der Waals surface area contributed by atoms with Crippen molar-refractivity contribution in [1.29, 1.82) is 0 Å². The number of rotatable bonds is 5. The van der Waals surface area contributed by atoms with Gasteiger partial charge in [0, 0.05) is 14.6 Å². The minimum absolute atomic E-state index is 0.293. The highest BCUT2D eigenvalue weighted by Gasteiger charge is 2.22. The van der Waals surface area contributed by atoms with Crippen molar-refractivity contribution in [3.63, 3.8) is 0 Å². The minimum Gasteiger partial charge on any atom is -0.464 e. The fourth-order valence-corrected chi connectivity index (χ4v) is 3.07.